The van der Waals surface area contributed by atoms with Gasteiger partial charge in [-0.25, -0.2) is 8.42 Å². The Hall–Kier alpha value is -0.680. The summed E-state index contributed by atoms with van der Waals surface area (Å²) in [6.45, 7) is 0. The molecular weight excluding hydrogens is 232 g/mol. The Bertz CT molecular complexity index is 436. The third kappa shape index (κ3) is 2.89. The number of hydrogen-bond acceptors (Lipinski definition) is 4. The van der Waals surface area contributed by atoms with Gasteiger partial charge in [0, 0.05) is 10.1 Å². The molecular formula is C10H12O3S2. The molecule has 82 valence electrons. The van der Waals surface area contributed by atoms with Crippen LogP contribution in [-0.2, 0) is 9.84 Å². The summed E-state index contributed by atoms with van der Waals surface area (Å²) >= 11 is 1.57. The van der Waals surface area contributed by atoms with Crippen molar-refractivity contribution in [3.8, 4) is 5.75 Å². The Kier molecular flexibility index (Phi) is 2.93. The van der Waals surface area contributed by atoms with Crippen LogP contribution in [0.1, 0.15) is 6.42 Å². The zero-order valence-corrected chi connectivity index (χ0v) is 9.72. The highest BCUT2D eigenvalue weighted by Gasteiger charge is 2.28. The van der Waals surface area contributed by atoms with Gasteiger partial charge in [-0.3, -0.25) is 0 Å². The van der Waals surface area contributed by atoms with E-state index in [1.54, 1.807) is 23.9 Å². The highest BCUT2D eigenvalue weighted by molar-refractivity contribution is 8.01. The van der Waals surface area contributed by atoms with E-state index in [0.29, 0.717) is 5.75 Å². The van der Waals surface area contributed by atoms with Gasteiger partial charge in [0.2, 0.25) is 0 Å². The Labute approximate surface area is 93.4 Å². The van der Waals surface area contributed by atoms with Gasteiger partial charge in [0.1, 0.15) is 5.75 Å². The topological polar surface area (TPSA) is 54.4 Å². The quantitative estimate of drug-likeness (QED) is 0.860. The molecule has 1 aromatic carbocycles. The number of phenolic OH excluding ortho intramolecular Hbond substituents is 1. The second-order valence-corrected chi connectivity index (χ2v) is 7.24. The zero-order valence-electron chi connectivity index (χ0n) is 8.09. The number of aromatic hydroxyl groups is 1. The van der Waals surface area contributed by atoms with Crippen molar-refractivity contribution in [2.45, 2.75) is 16.6 Å². The molecule has 0 saturated carbocycles. The van der Waals surface area contributed by atoms with Crippen LogP contribution in [-0.4, -0.2) is 30.3 Å². The maximum absolute atomic E-state index is 11.2. The summed E-state index contributed by atoms with van der Waals surface area (Å²) in [4.78, 5) is 1.01. The highest BCUT2D eigenvalue weighted by atomic mass is 32.2. The molecule has 1 aliphatic heterocycles. The van der Waals surface area contributed by atoms with E-state index in [4.69, 9.17) is 5.11 Å². The van der Waals surface area contributed by atoms with Crippen LogP contribution in [0.3, 0.4) is 0 Å². The number of thioether (sulfide) groups is 1. The molecule has 1 aliphatic rings. The molecule has 0 spiro atoms. The predicted molar refractivity (Wildman–Crippen MR) is 61.0 cm³/mol. The first kappa shape index (κ1) is 10.8. The van der Waals surface area contributed by atoms with Gasteiger partial charge < -0.3 is 5.11 Å². The largest absolute Gasteiger partial charge is 0.508 e. The van der Waals surface area contributed by atoms with Crippen molar-refractivity contribution in [3.05, 3.63) is 24.3 Å². The summed E-state index contributed by atoms with van der Waals surface area (Å²) in [6.07, 6.45) is 0.730. The zero-order chi connectivity index (χ0) is 10.9. The molecule has 15 heavy (non-hydrogen) atoms. The average Bonchev–Trinajstić information content (AvgIpc) is 2.50. The van der Waals surface area contributed by atoms with Crippen molar-refractivity contribution in [1.29, 1.82) is 0 Å². The van der Waals surface area contributed by atoms with E-state index in [2.05, 4.69) is 0 Å². The number of rotatable bonds is 2. The third-order valence-corrected chi connectivity index (χ3v) is 5.59. The molecule has 0 aromatic heterocycles. The van der Waals surface area contributed by atoms with Gasteiger partial charge in [-0.05, 0) is 30.7 Å². The molecule has 1 fully saturated rings. The van der Waals surface area contributed by atoms with Crippen molar-refractivity contribution in [2.75, 3.05) is 11.5 Å². The summed E-state index contributed by atoms with van der Waals surface area (Å²) < 4.78 is 22.5. The normalized spacial score (nSPS) is 24.1. The monoisotopic (exact) mass is 244 g/mol. The Morgan fingerprint density at radius 1 is 1.27 bits per heavy atom. The molecule has 2 rings (SSSR count). The molecule has 1 atom stereocenters. The second kappa shape index (κ2) is 4.06. The van der Waals surface area contributed by atoms with Crippen LogP contribution < -0.4 is 0 Å². The maximum Gasteiger partial charge on any atom is 0.151 e. The average molecular weight is 244 g/mol. The predicted octanol–water partition coefficient (Wildman–Crippen LogP) is 1.67. The number of phenols is 1. The first-order valence-electron chi connectivity index (χ1n) is 4.71. The molecule has 3 nitrogen and oxygen atoms in total. The van der Waals surface area contributed by atoms with Gasteiger partial charge in [0.25, 0.3) is 0 Å². The van der Waals surface area contributed by atoms with Gasteiger partial charge >= 0.3 is 0 Å². The summed E-state index contributed by atoms with van der Waals surface area (Å²) in [5.74, 6) is 0.819. The van der Waals surface area contributed by atoms with Crippen LogP contribution in [0.15, 0.2) is 29.2 Å². The summed E-state index contributed by atoms with van der Waals surface area (Å²) in [6, 6.07) is 6.85. The third-order valence-electron chi connectivity index (χ3n) is 2.33. The van der Waals surface area contributed by atoms with E-state index < -0.39 is 9.84 Å². The molecule has 0 aliphatic carbocycles. The lowest BCUT2D eigenvalue weighted by molar-refractivity contribution is 0.475. The lowest BCUT2D eigenvalue weighted by atomic mass is 10.3. The van der Waals surface area contributed by atoms with E-state index in [1.807, 2.05) is 12.1 Å². The summed E-state index contributed by atoms with van der Waals surface area (Å²) in [5.41, 5.74) is 0. The minimum absolute atomic E-state index is 0.166. The first-order chi connectivity index (χ1) is 7.05. The molecule has 0 radical (unpaired) electrons. The fraction of sp³-hybridized carbons (Fsp3) is 0.400. The van der Waals surface area contributed by atoms with Gasteiger partial charge in [0.15, 0.2) is 9.84 Å². The highest BCUT2D eigenvalue weighted by Crippen LogP contribution is 2.31. The van der Waals surface area contributed by atoms with E-state index in [9.17, 15) is 8.42 Å². The van der Waals surface area contributed by atoms with Crippen LogP contribution in [0.2, 0.25) is 0 Å². The molecule has 0 bridgehead atoms. The Balaban J connectivity index is 2.02. The molecule has 0 amide bonds. The van der Waals surface area contributed by atoms with Gasteiger partial charge in [-0.2, -0.15) is 0 Å². The minimum atomic E-state index is -2.79. The summed E-state index contributed by atoms with van der Waals surface area (Å²) in [5, 5.41) is 9.26. The fourth-order valence-electron chi connectivity index (χ4n) is 1.57. The van der Waals surface area contributed by atoms with E-state index >= 15 is 0 Å². The fourth-order valence-corrected chi connectivity index (χ4v) is 5.07. The van der Waals surface area contributed by atoms with Crippen molar-refractivity contribution >= 4 is 21.6 Å². The number of sulfone groups is 1. The van der Waals surface area contributed by atoms with E-state index in [0.717, 1.165) is 11.3 Å². The van der Waals surface area contributed by atoms with Gasteiger partial charge in [-0.1, -0.05) is 0 Å². The Morgan fingerprint density at radius 3 is 2.47 bits per heavy atom. The van der Waals surface area contributed by atoms with E-state index in [-0.39, 0.29) is 16.8 Å². The lowest BCUT2D eigenvalue weighted by Crippen LogP contribution is -2.05. The standard InChI is InChI=1S/C10H12O3S2/c11-8-1-3-9(4-2-8)14-10-5-6-15(12,13)7-10/h1-4,10-11H,5-7H2. The second-order valence-electron chi connectivity index (χ2n) is 3.64. The maximum atomic E-state index is 11.2. The Morgan fingerprint density at radius 2 is 1.93 bits per heavy atom. The SMILES string of the molecule is O=S1(=O)CCC(Sc2ccc(O)cc2)C1. The molecule has 1 heterocycles. The smallest absolute Gasteiger partial charge is 0.151 e. The molecule has 1 saturated heterocycles. The van der Waals surface area contributed by atoms with Crippen molar-refractivity contribution in [2.24, 2.45) is 0 Å². The van der Waals surface area contributed by atoms with Crippen molar-refractivity contribution < 1.29 is 13.5 Å². The molecule has 5 heteroatoms. The van der Waals surface area contributed by atoms with Crippen molar-refractivity contribution in [1.82, 2.24) is 0 Å². The van der Waals surface area contributed by atoms with Crippen molar-refractivity contribution in [3.63, 3.8) is 0 Å². The minimum Gasteiger partial charge on any atom is -0.508 e. The number of benzene rings is 1. The molecule has 1 unspecified atom stereocenters. The van der Waals surface area contributed by atoms with Crippen LogP contribution in [0.5, 0.6) is 5.75 Å². The van der Waals surface area contributed by atoms with Crippen LogP contribution in [0.25, 0.3) is 0 Å². The van der Waals surface area contributed by atoms with Crippen LogP contribution in [0, 0.1) is 0 Å². The van der Waals surface area contributed by atoms with Gasteiger partial charge in [-0.15, -0.1) is 11.8 Å². The molecule has 1 aromatic rings. The van der Waals surface area contributed by atoms with Gasteiger partial charge in [0.05, 0.1) is 11.5 Å². The molecule has 1 N–H and O–H groups in total. The van der Waals surface area contributed by atoms with Crippen LogP contribution in [0.4, 0.5) is 0 Å². The summed E-state index contributed by atoms with van der Waals surface area (Å²) in [7, 11) is -2.79. The van der Waals surface area contributed by atoms with Crippen LogP contribution >= 0.6 is 11.8 Å². The lowest BCUT2D eigenvalue weighted by Gasteiger charge is -2.06. The van der Waals surface area contributed by atoms with E-state index in [1.165, 1.54) is 0 Å². The number of hydrogen-bond donors (Lipinski definition) is 1. The first-order valence-corrected chi connectivity index (χ1v) is 7.41.